The Bertz CT molecular complexity index is 207. The first kappa shape index (κ1) is 13.7. The van der Waals surface area contributed by atoms with Gasteiger partial charge >= 0.3 is 0 Å². The van der Waals surface area contributed by atoms with Crippen molar-refractivity contribution in [3.05, 3.63) is 12.2 Å². The zero-order valence-corrected chi connectivity index (χ0v) is 10.7. The predicted octanol–water partition coefficient (Wildman–Crippen LogP) is 3.30. The van der Waals surface area contributed by atoms with Gasteiger partial charge in [0.2, 0.25) is 0 Å². The smallest absolute Gasteiger partial charge is 0.0864 e. The second kappa shape index (κ2) is 7.08. The first-order chi connectivity index (χ1) is 7.65. The van der Waals surface area contributed by atoms with Crippen LogP contribution in [0.25, 0.3) is 0 Å². The molecule has 0 spiro atoms. The third-order valence-electron chi connectivity index (χ3n) is 3.41. The molecule has 0 saturated heterocycles. The highest BCUT2D eigenvalue weighted by molar-refractivity contribution is 4.94. The molecule has 2 unspecified atom stereocenters. The van der Waals surface area contributed by atoms with Crippen LogP contribution in [0.3, 0.4) is 0 Å². The van der Waals surface area contributed by atoms with Gasteiger partial charge in [-0.2, -0.15) is 0 Å². The van der Waals surface area contributed by atoms with Gasteiger partial charge in [0.15, 0.2) is 0 Å². The highest BCUT2D eigenvalue weighted by Crippen LogP contribution is 2.30. The van der Waals surface area contributed by atoms with Crippen LogP contribution in [0, 0.1) is 5.92 Å². The molecule has 2 atom stereocenters. The van der Waals surface area contributed by atoms with E-state index in [1.807, 2.05) is 13.8 Å². The monoisotopic (exact) mass is 226 g/mol. The van der Waals surface area contributed by atoms with Crippen molar-refractivity contribution < 1.29 is 9.84 Å². The molecule has 1 N–H and O–H groups in total. The molecule has 0 aliphatic heterocycles. The normalized spacial score (nSPS) is 21.7. The quantitative estimate of drug-likeness (QED) is 0.704. The van der Waals surface area contributed by atoms with Crippen molar-refractivity contribution >= 4 is 0 Å². The van der Waals surface area contributed by atoms with Crippen molar-refractivity contribution in [1.82, 2.24) is 0 Å². The largest absolute Gasteiger partial charge is 0.390 e. The number of aliphatic hydroxyl groups is 1. The molecule has 94 valence electrons. The molecule has 0 heterocycles. The molecule has 1 saturated carbocycles. The van der Waals surface area contributed by atoms with Gasteiger partial charge < -0.3 is 9.84 Å². The topological polar surface area (TPSA) is 29.5 Å². The van der Waals surface area contributed by atoms with Crippen molar-refractivity contribution in [2.24, 2.45) is 5.92 Å². The molecule has 0 aromatic heterocycles. The Hall–Kier alpha value is -0.340. The van der Waals surface area contributed by atoms with Crippen molar-refractivity contribution in [2.75, 3.05) is 6.61 Å². The van der Waals surface area contributed by atoms with E-state index in [0.29, 0.717) is 18.9 Å². The van der Waals surface area contributed by atoms with Crippen molar-refractivity contribution in [3.63, 3.8) is 0 Å². The molecule has 2 heteroatoms. The zero-order chi connectivity index (χ0) is 12.0. The molecule has 16 heavy (non-hydrogen) atoms. The fourth-order valence-electron chi connectivity index (χ4n) is 2.69. The Balaban J connectivity index is 2.53. The van der Waals surface area contributed by atoms with E-state index in [0.717, 1.165) is 5.57 Å². The molecule has 1 aliphatic rings. The van der Waals surface area contributed by atoms with Crippen LogP contribution in [0.1, 0.15) is 52.4 Å². The Kier molecular flexibility index (Phi) is 6.07. The van der Waals surface area contributed by atoms with Crippen LogP contribution in [-0.2, 0) is 4.74 Å². The van der Waals surface area contributed by atoms with Gasteiger partial charge in [0, 0.05) is 6.61 Å². The molecule has 2 nitrogen and oxygen atoms in total. The molecule has 0 radical (unpaired) electrons. The fourth-order valence-corrected chi connectivity index (χ4v) is 2.69. The fraction of sp³-hybridized carbons (Fsp3) is 0.857. The average Bonchev–Trinajstić information content (AvgIpc) is 2.26. The molecule has 0 amide bonds. The standard InChI is InChI=1S/C14H26O2/c1-4-16-14(13(15)10-11(2)3)12-8-6-5-7-9-12/h12-15H,2,4-10H2,1,3H3. The van der Waals surface area contributed by atoms with E-state index in [1.54, 1.807) is 0 Å². The lowest BCUT2D eigenvalue weighted by Gasteiger charge is -2.33. The summed E-state index contributed by atoms with van der Waals surface area (Å²) in [7, 11) is 0. The van der Waals surface area contributed by atoms with Gasteiger partial charge in [-0.1, -0.05) is 24.8 Å². The Morgan fingerprint density at radius 3 is 2.50 bits per heavy atom. The number of rotatable bonds is 6. The van der Waals surface area contributed by atoms with E-state index < -0.39 is 0 Å². The number of ether oxygens (including phenoxy) is 1. The summed E-state index contributed by atoms with van der Waals surface area (Å²) >= 11 is 0. The molecule has 1 rings (SSSR count). The second-order valence-corrected chi connectivity index (χ2v) is 5.05. The lowest BCUT2D eigenvalue weighted by molar-refractivity contribution is -0.0714. The summed E-state index contributed by atoms with van der Waals surface area (Å²) in [6.07, 6.45) is 6.63. The first-order valence-electron chi connectivity index (χ1n) is 6.59. The van der Waals surface area contributed by atoms with Crippen LogP contribution >= 0.6 is 0 Å². The maximum atomic E-state index is 10.2. The van der Waals surface area contributed by atoms with Crippen LogP contribution < -0.4 is 0 Å². The molecule has 1 aliphatic carbocycles. The van der Waals surface area contributed by atoms with Gasteiger partial charge in [0.25, 0.3) is 0 Å². The Morgan fingerprint density at radius 2 is 2.00 bits per heavy atom. The second-order valence-electron chi connectivity index (χ2n) is 5.05. The summed E-state index contributed by atoms with van der Waals surface area (Å²) in [6.45, 7) is 8.52. The van der Waals surface area contributed by atoms with Crippen LogP contribution in [0.5, 0.6) is 0 Å². The SMILES string of the molecule is C=C(C)CC(O)C(OCC)C1CCCCC1. The minimum absolute atomic E-state index is 0.0157. The summed E-state index contributed by atoms with van der Waals surface area (Å²) in [5.41, 5.74) is 1.04. The maximum Gasteiger partial charge on any atom is 0.0864 e. The highest BCUT2D eigenvalue weighted by Gasteiger charge is 2.29. The van der Waals surface area contributed by atoms with Gasteiger partial charge in [-0.15, -0.1) is 6.58 Å². The van der Waals surface area contributed by atoms with Crippen LogP contribution in [-0.4, -0.2) is 23.9 Å². The van der Waals surface area contributed by atoms with Gasteiger partial charge in [0.1, 0.15) is 0 Å². The third-order valence-corrected chi connectivity index (χ3v) is 3.41. The molecular formula is C14H26O2. The molecular weight excluding hydrogens is 200 g/mol. The predicted molar refractivity (Wildman–Crippen MR) is 67.4 cm³/mol. The summed E-state index contributed by atoms with van der Waals surface area (Å²) in [4.78, 5) is 0. The lowest BCUT2D eigenvalue weighted by Crippen LogP contribution is -2.37. The van der Waals surface area contributed by atoms with Crippen LogP contribution in [0.15, 0.2) is 12.2 Å². The summed E-state index contributed by atoms with van der Waals surface area (Å²) in [5, 5.41) is 10.2. The molecule has 0 aromatic rings. The minimum atomic E-state index is -0.374. The van der Waals surface area contributed by atoms with E-state index in [-0.39, 0.29) is 12.2 Å². The molecule has 0 bridgehead atoms. The van der Waals surface area contributed by atoms with E-state index in [1.165, 1.54) is 32.1 Å². The van der Waals surface area contributed by atoms with Crippen molar-refractivity contribution in [3.8, 4) is 0 Å². The number of hydrogen-bond donors (Lipinski definition) is 1. The lowest BCUT2D eigenvalue weighted by atomic mass is 9.82. The number of hydrogen-bond acceptors (Lipinski definition) is 2. The van der Waals surface area contributed by atoms with E-state index >= 15 is 0 Å². The van der Waals surface area contributed by atoms with Gasteiger partial charge in [0.05, 0.1) is 12.2 Å². The van der Waals surface area contributed by atoms with E-state index in [4.69, 9.17) is 4.74 Å². The zero-order valence-electron chi connectivity index (χ0n) is 10.7. The van der Waals surface area contributed by atoms with E-state index in [2.05, 4.69) is 6.58 Å². The van der Waals surface area contributed by atoms with Gasteiger partial charge in [-0.05, 0) is 39.0 Å². The van der Waals surface area contributed by atoms with Crippen LogP contribution in [0.4, 0.5) is 0 Å². The Morgan fingerprint density at radius 1 is 1.38 bits per heavy atom. The first-order valence-corrected chi connectivity index (χ1v) is 6.59. The molecule has 0 aromatic carbocycles. The van der Waals surface area contributed by atoms with Crippen LogP contribution in [0.2, 0.25) is 0 Å². The third kappa shape index (κ3) is 4.26. The van der Waals surface area contributed by atoms with E-state index in [9.17, 15) is 5.11 Å². The summed E-state index contributed by atoms with van der Waals surface area (Å²) in [5.74, 6) is 0.544. The summed E-state index contributed by atoms with van der Waals surface area (Å²) < 4.78 is 5.75. The van der Waals surface area contributed by atoms with Crippen molar-refractivity contribution in [1.29, 1.82) is 0 Å². The maximum absolute atomic E-state index is 10.2. The van der Waals surface area contributed by atoms with Gasteiger partial charge in [-0.25, -0.2) is 0 Å². The van der Waals surface area contributed by atoms with Gasteiger partial charge in [-0.3, -0.25) is 0 Å². The number of aliphatic hydroxyl groups excluding tert-OH is 1. The molecule has 1 fully saturated rings. The Labute approximate surface area is 99.7 Å². The highest BCUT2D eigenvalue weighted by atomic mass is 16.5. The average molecular weight is 226 g/mol. The van der Waals surface area contributed by atoms with Crippen molar-refractivity contribution in [2.45, 2.75) is 64.6 Å². The minimum Gasteiger partial charge on any atom is -0.390 e. The summed E-state index contributed by atoms with van der Waals surface area (Å²) in [6, 6.07) is 0.